The van der Waals surface area contributed by atoms with Crippen molar-refractivity contribution in [3.05, 3.63) is 60.8 Å². The van der Waals surface area contributed by atoms with E-state index in [0.717, 1.165) is 51.4 Å². The lowest BCUT2D eigenvalue weighted by Gasteiger charge is -2.28. The third-order valence-corrected chi connectivity index (χ3v) is 9.97. The summed E-state index contributed by atoms with van der Waals surface area (Å²) in [5.41, 5.74) is 0. The van der Waals surface area contributed by atoms with Gasteiger partial charge in [-0.3, -0.25) is 14.2 Å². The van der Waals surface area contributed by atoms with E-state index in [1.807, 2.05) is 21.1 Å². The van der Waals surface area contributed by atoms with Gasteiger partial charge in [0, 0.05) is 12.8 Å². The van der Waals surface area contributed by atoms with Crippen LogP contribution in [-0.2, 0) is 32.7 Å². The molecule has 0 aliphatic rings. The van der Waals surface area contributed by atoms with E-state index in [0.29, 0.717) is 23.9 Å². The fourth-order valence-electron chi connectivity index (χ4n) is 5.52. The number of hydrogen-bond donors (Lipinski definition) is 0. The van der Waals surface area contributed by atoms with E-state index < -0.39 is 32.5 Å². The van der Waals surface area contributed by atoms with Crippen LogP contribution in [0.4, 0.5) is 0 Å². The number of esters is 2. The molecule has 0 fully saturated rings. The zero-order valence-electron chi connectivity index (χ0n) is 36.3. The van der Waals surface area contributed by atoms with Crippen molar-refractivity contribution in [1.29, 1.82) is 0 Å². The summed E-state index contributed by atoms with van der Waals surface area (Å²) in [6.07, 6.45) is 45.5. The highest BCUT2D eigenvalue weighted by atomic mass is 31.2. The Labute approximate surface area is 343 Å². The predicted octanol–water partition coefficient (Wildman–Crippen LogP) is 11.8. The van der Waals surface area contributed by atoms with Gasteiger partial charge in [0.2, 0.25) is 0 Å². The van der Waals surface area contributed by atoms with E-state index in [-0.39, 0.29) is 26.1 Å². The summed E-state index contributed by atoms with van der Waals surface area (Å²) in [6, 6.07) is 0. The van der Waals surface area contributed by atoms with E-state index in [9.17, 15) is 19.0 Å². The van der Waals surface area contributed by atoms with E-state index in [4.69, 9.17) is 18.5 Å². The normalized spacial score (nSPS) is 14.2. The van der Waals surface area contributed by atoms with E-state index >= 15 is 0 Å². The average molecular weight is 808 g/mol. The molecular weight excluding hydrogens is 725 g/mol. The minimum absolute atomic E-state index is 0.0465. The van der Waals surface area contributed by atoms with Gasteiger partial charge < -0.3 is 27.9 Å². The molecule has 9 nitrogen and oxygen atoms in total. The van der Waals surface area contributed by atoms with Crippen molar-refractivity contribution in [1.82, 2.24) is 0 Å². The minimum Gasteiger partial charge on any atom is -0.756 e. The molecule has 2 atom stereocenters. The fraction of sp³-hybridized carbons (Fsp3) is 0.739. The van der Waals surface area contributed by atoms with Crippen LogP contribution in [0.15, 0.2) is 60.8 Å². The highest BCUT2D eigenvalue weighted by molar-refractivity contribution is 7.45. The van der Waals surface area contributed by atoms with Crippen LogP contribution in [0.1, 0.15) is 168 Å². The Bertz CT molecular complexity index is 1140. The molecule has 10 heteroatoms. The third-order valence-electron chi connectivity index (χ3n) is 9.01. The number of quaternary nitrogens is 1. The summed E-state index contributed by atoms with van der Waals surface area (Å²) in [5.74, 6) is -0.938. The first kappa shape index (κ1) is 53.7. The van der Waals surface area contributed by atoms with Crippen LogP contribution >= 0.6 is 7.82 Å². The molecule has 0 aromatic rings. The Kier molecular flexibility index (Phi) is 36.7. The zero-order valence-corrected chi connectivity index (χ0v) is 37.2. The summed E-state index contributed by atoms with van der Waals surface area (Å²) < 4.78 is 33.8. The Morgan fingerprint density at radius 3 is 1.48 bits per heavy atom. The van der Waals surface area contributed by atoms with Crippen molar-refractivity contribution in [2.45, 2.75) is 174 Å². The zero-order chi connectivity index (χ0) is 41.4. The second kappa shape index (κ2) is 38.2. The Balaban J connectivity index is 4.51. The first-order chi connectivity index (χ1) is 27.0. The lowest BCUT2D eigenvalue weighted by molar-refractivity contribution is -0.870. The third kappa shape index (κ3) is 41.3. The van der Waals surface area contributed by atoms with Crippen molar-refractivity contribution in [3.8, 4) is 0 Å². The van der Waals surface area contributed by atoms with Gasteiger partial charge in [-0.2, -0.15) is 0 Å². The largest absolute Gasteiger partial charge is 0.756 e. The topological polar surface area (TPSA) is 111 Å². The maximum absolute atomic E-state index is 12.6. The van der Waals surface area contributed by atoms with E-state index in [1.54, 1.807) is 0 Å². The van der Waals surface area contributed by atoms with Crippen molar-refractivity contribution < 1.29 is 42.1 Å². The number of phosphoric ester groups is 1. The van der Waals surface area contributed by atoms with Crippen LogP contribution in [0.3, 0.4) is 0 Å². The van der Waals surface area contributed by atoms with Gasteiger partial charge in [-0.25, -0.2) is 0 Å². The minimum atomic E-state index is -4.65. The van der Waals surface area contributed by atoms with Crippen LogP contribution in [0, 0.1) is 0 Å². The standard InChI is InChI=1S/C46H82NO8P/c1-6-8-10-12-14-16-18-20-22-23-25-26-28-30-32-34-36-38-45(48)52-42-44(43-54-56(50,51)53-41-40-47(3,4)5)55-46(49)39-37-35-33-31-29-27-24-21-19-17-15-13-11-9-7-2/h20-22,24-26,29-32,44H,6-19,23,27-28,33-43H2,1-5H3/b22-20+,24-21+,26-25+,31-29+,32-30+/t44-/m1/s1. The fourth-order valence-corrected chi connectivity index (χ4v) is 6.25. The monoisotopic (exact) mass is 808 g/mol. The van der Waals surface area contributed by atoms with Crippen LogP contribution in [-0.4, -0.2) is 70.0 Å². The van der Waals surface area contributed by atoms with Crippen LogP contribution < -0.4 is 4.89 Å². The number of hydrogen-bond acceptors (Lipinski definition) is 8. The highest BCUT2D eigenvalue weighted by Gasteiger charge is 2.21. The van der Waals surface area contributed by atoms with Crippen LogP contribution in [0.25, 0.3) is 0 Å². The number of allylic oxidation sites excluding steroid dienone is 10. The molecule has 324 valence electrons. The van der Waals surface area contributed by atoms with Gasteiger partial charge >= 0.3 is 11.9 Å². The second-order valence-corrected chi connectivity index (χ2v) is 17.1. The van der Waals surface area contributed by atoms with Gasteiger partial charge in [0.15, 0.2) is 6.10 Å². The van der Waals surface area contributed by atoms with Gasteiger partial charge in [0.25, 0.3) is 7.82 Å². The summed E-state index contributed by atoms with van der Waals surface area (Å²) >= 11 is 0. The number of carbonyl (C=O) groups excluding carboxylic acids is 2. The van der Waals surface area contributed by atoms with E-state index in [2.05, 4.69) is 74.6 Å². The van der Waals surface area contributed by atoms with Crippen LogP contribution in [0.2, 0.25) is 0 Å². The molecule has 0 heterocycles. The molecule has 0 bridgehead atoms. The lowest BCUT2D eigenvalue weighted by Crippen LogP contribution is -2.37. The quantitative estimate of drug-likeness (QED) is 0.0198. The van der Waals surface area contributed by atoms with Gasteiger partial charge in [-0.15, -0.1) is 0 Å². The number of carbonyl (C=O) groups is 2. The molecule has 0 saturated carbocycles. The predicted molar refractivity (Wildman–Crippen MR) is 231 cm³/mol. The maximum Gasteiger partial charge on any atom is 0.306 e. The second-order valence-electron chi connectivity index (χ2n) is 15.7. The molecule has 0 saturated heterocycles. The molecule has 0 aromatic heterocycles. The number of unbranched alkanes of at least 4 members (excludes halogenated alkanes) is 15. The molecule has 0 aliphatic heterocycles. The molecule has 0 amide bonds. The summed E-state index contributed by atoms with van der Waals surface area (Å²) in [5, 5.41) is 0. The Hall–Kier alpha value is -2.29. The maximum atomic E-state index is 12.6. The molecule has 1 unspecified atom stereocenters. The number of likely N-dealkylation sites (N-methyl/N-ethyl adjacent to an activating group) is 1. The molecule has 0 radical (unpaired) electrons. The molecule has 0 spiro atoms. The molecule has 0 rings (SSSR count). The van der Waals surface area contributed by atoms with Gasteiger partial charge in [0.05, 0.1) is 27.7 Å². The van der Waals surface area contributed by atoms with Crippen molar-refractivity contribution in [2.24, 2.45) is 0 Å². The summed E-state index contributed by atoms with van der Waals surface area (Å²) in [6.45, 7) is 4.10. The van der Waals surface area contributed by atoms with E-state index in [1.165, 1.54) is 77.0 Å². The first-order valence-corrected chi connectivity index (χ1v) is 23.5. The molecule has 56 heavy (non-hydrogen) atoms. The number of rotatable bonds is 39. The lowest BCUT2D eigenvalue weighted by atomic mass is 10.1. The number of phosphoric acid groups is 1. The molecule has 0 aromatic carbocycles. The number of ether oxygens (including phenoxy) is 2. The summed E-state index contributed by atoms with van der Waals surface area (Å²) in [4.78, 5) is 37.5. The SMILES string of the molecule is CCCCCCCC/C=C/C/C=C/C/C=C/CCCC(=O)OC[C@H](COP(=O)([O-])OCC[N+](C)(C)C)OC(=O)CCCC/C=C/C/C=C/CCCCCCCC. The molecule has 0 N–H and O–H groups in total. The van der Waals surface area contributed by atoms with Crippen molar-refractivity contribution in [3.63, 3.8) is 0 Å². The van der Waals surface area contributed by atoms with Crippen molar-refractivity contribution in [2.75, 3.05) is 47.5 Å². The highest BCUT2D eigenvalue weighted by Crippen LogP contribution is 2.38. The average Bonchev–Trinajstić information content (AvgIpc) is 3.15. The molecule has 0 aliphatic carbocycles. The van der Waals surface area contributed by atoms with Crippen molar-refractivity contribution >= 4 is 19.8 Å². The summed E-state index contributed by atoms with van der Waals surface area (Å²) in [7, 11) is 1.11. The van der Waals surface area contributed by atoms with Crippen LogP contribution in [0.5, 0.6) is 0 Å². The first-order valence-electron chi connectivity index (χ1n) is 22.0. The molecular formula is C46H82NO8P. The smallest absolute Gasteiger partial charge is 0.306 e. The number of nitrogens with zero attached hydrogens (tertiary/aromatic N) is 1. The van der Waals surface area contributed by atoms with Gasteiger partial charge in [0.1, 0.15) is 19.8 Å². The van der Waals surface area contributed by atoms with Gasteiger partial charge in [-0.05, 0) is 77.0 Å². The Morgan fingerprint density at radius 2 is 0.982 bits per heavy atom. The van der Waals surface area contributed by atoms with Gasteiger partial charge in [-0.1, -0.05) is 139 Å². The Morgan fingerprint density at radius 1 is 0.554 bits per heavy atom.